The van der Waals surface area contributed by atoms with Crippen molar-refractivity contribution >= 4 is 21.6 Å². The zero-order valence-electron chi connectivity index (χ0n) is 12.4. The van der Waals surface area contributed by atoms with Crippen molar-refractivity contribution in [3.8, 4) is 6.07 Å². The number of hydrogen-bond acceptors (Lipinski definition) is 3. The van der Waals surface area contributed by atoms with Crippen molar-refractivity contribution in [1.82, 2.24) is 4.90 Å². The minimum absolute atomic E-state index is 0.313. The fraction of sp³-hybridized carbons (Fsp3) is 0.562. The molecule has 4 heteroatoms. The Morgan fingerprint density at radius 2 is 2.20 bits per heavy atom. The van der Waals surface area contributed by atoms with Gasteiger partial charge in [-0.25, -0.2) is 0 Å². The second-order valence-electron chi connectivity index (χ2n) is 5.72. The molecule has 2 rings (SSSR count). The molecule has 108 valence electrons. The maximum atomic E-state index is 9.04. The van der Waals surface area contributed by atoms with E-state index in [0.717, 1.165) is 24.0 Å². The molecular formula is C16H22BrN3. The third-order valence-electron chi connectivity index (χ3n) is 4.26. The molecule has 0 aliphatic carbocycles. The molecule has 1 aliphatic heterocycles. The van der Waals surface area contributed by atoms with Crippen LogP contribution in [0.4, 0.5) is 5.69 Å². The molecule has 0 bridgehead atoms. The molecule has 0 saturated carbocycles. The highest BCUT2D eigenvalue weighted by Crippen LogP contribution is 2.28. The Bertz CT molecular complexity index is 509. The van der Waals surface area contributed by atoms with Gasteiger partial charge in [0.05, 0.1) is 12.5 Å². The first-order valence-electron chi connectivity index (χ1n) is 7.13. The number of anilines is 1. The zero-order valence-corrected chi connectivity index (χ0v) is 14.0. The lowest BCUT2D eigenvalue weighted by Gasteiger charge is -2.33. The molecule has 0 spiro atoms. The van der Waals surface area contributed by atoms with Crippen LogP contribution in [0.2, 0.25) is 0 Å². The summed E-state index contributed by atoms with van der Waals surface area (Å²) in [4.78, 5) is 4.79. The maximum Gasteiger partial charge on any atom is 0.0638 e. The Balaban J connectivity index is 2.30. The summed E-state index contributed by atoms with van der Waals surface area (Å²) >= 11 is 3.53. The van der Waals surface area contributed by atoms with Gasteiger partial charge < -0.3 is 9.80 Å². The predicted octanol–water partition coefficient (Wildman–Crippen LogP) is 3.57. The maximum absolute atomic E-state index is 9.04. The topological polar surface area (TPSA) is 30.3 Å². The van der Waals surface area contributed by atoms with E-state index < -0.39 is 0 Å². The van der Waals surface area contributed by atoms with Gasteiger partial charge in [0.15, 0.2) is 0 Å². The second kappa shape index (κ2) is 6.60. The molecule has 0 aromatic heterocycles. The smallest absolute Gasteiger partial charge is 0.0638 e. The average molecular weight is 336 g/mol. The molecule has 3 nitrogen and oxygen atoms in total. The molecule has 1 aromatic rings. The number of nitrogens with zero attached hydrogens (tertiary/aromatic N) is 3. The van der Waals surface area contributed by atoms with Gasteiger partial charge in [-0.1, -0.05) is 15.9 Å². The van der Waals surface area contributed by atoms with Crippen LogP contribution in [0.1, 0.15) is 25.3 Å². The lowest BCUT2D eigenvalue weighted by molar-refractivity contribution is 0.263. The van der Waals surface area contributed by atoms with Crippen molar-refractivity contribution in [1.29, 1.82) is 5.26 Å². The lowest BCUT2D eigenvalue weighted by Crippen LogP contribution is -2.41. The molecule has 2 unspecified atom stereocenters. The first-order valence-corrected chi connectivity index (χ1v) is 7.92. The van der Waals surface area contributed by atoms with Crippen LogP contribution in [-0.2, 0) is 0 Å². The largest absolute Gasteiger partial charge is 0.367 e. The summed E-state index contributed by atoms with van der Waals surface area (Å²) in [5, 5.41) is 9.04. The Labute approximate surface area is 130 Å². The normalized spacial score (nSPS) is 24.2. The van der Waals surface area contributed by atoms with Gasteiger partial charge in [0.2, 0.25) is 0 Å². The van der Waals surface area contributed by atoms with Gasteiger partial charge in [-0.2, -0.15) is 5.26 Å². The summed E-state index contributed by atoms with van der Waals surface area (Å²) in [6.45, 7) is 6.41. The van der Waals surface area contributed by atoms with Crippen molar-refractivity contribution in [3.63, 3.8) is 0 Å². The van der Waals surface area contributed by atoms with Crippen molar-refractivity contribution < 1.29 is 0 Å². The molecular weight excluding hydrogens is 314 g/mol. The van der Waals surface area contributed by atoms with Crippen LogP contribution in [0.3, 0.4) is 0 Å². The van der Waals surface area contributed by atoms with Crippen molar-refractivity contribution in [2.75, 3.05) is 25.0 Å². The van der Waals surface area contributed by atoms with Crippen LogP contribution < -0.4 is 4.90 Å². The number of hydrogen-bond donors (Lipinski definition) is 0. The zero-order chi connectivity index (χ0) is 14.7. The summed E-state index contributed by atoms with van der Waals surface area (Å²) in [7, 11) is 2.13. The van der Waals surface area contributed by atoms with Crippen molar-refractivity contribution in [3.05, 3.63) is 28.2 Å². The van der Waals surface area contributed by atoms with E-state index in [0.29, 0.717) is 18.5 Å². The lowest BCUT2D eigenvalue weighted by atomic mass is 10.1. The number of benzene rings is 1. The minimum Gasteiger partial charge on any atom is -0.367 e. The third-order valence-corrected chi connectivity index (χ3v) is 4.75. The van der Waals surface area contributed by atoms with E-state index in [1.165, 1.54) is 11.3 Å². The number of likely N-dealkylation sites (N-methyl/N-ethyl adjacent to an activating group) is 1. The number of nitriles is 1. The molecule has 0 radical (unpaired) electrons. The molecule has 2 atom stereocenters. The predicted molar refractivity (Wildman–Crippen MR) is 87.0 cm³/mol. The summed E-state index contributed by atoms with van der Waals surface area (Å²) in [5.74, 6) is 0. The highest BCUT2D eigenvalue weighted by molar-refractivity contribution is 9.10. The standard InChI is InChI=1S/C16H22BrN3/c1-12-10-14(17)4-5-16(12)20-11-15(6-8-18)19(3)9-7-13(20)2/h4-5,10,13,15H,6-7,9,11H2,1-3H3. The Morgan fingerprint density at radius 1 is 1.45 bits per heavy atom. The van der Waals surface area contributed by atoms with Gasteiger partial charge in [-0.3, -0.25) is 0 Å². The number of rotatable bonds is 2. The highest BCUT2D eigenvalue weighted by atomic mass is 79.9. The molecule has 20 heavy (non-hydrogen) atoms. The summed E-state index contributed by atoms with van der Waals surface area (Å²) < 4.78 is 1.12. The van der Waals surface area contributed by atoms with Crippen LogP contribution in [0.5, 0.6) is 0 Å². The van der Waals surface area contributed by atoms with E-state index in [2.05, 4.69) is 70.9 Å². The van der Waals surface area contributed by atoms with E-state index in [9.17, 15) is 0 Å². The SMILES string of the molecule is Cc1cc(Br)ccc1N1CC(CC#N)N(C)CCC1C. The van der Waals surface area contributed by atoms with Gasteiger partial charge in [0, 0.05) is 35.3 Å². The van der Waals surface area contributed by atoms with Crippen LogP contribution in [0, 0.1) is 18.3 Å². The van der Waals surface area contributed by atoms with E-state index >= 15 is 0 Å². The summed E-state index contributed by atoms with van der Waals surface area (Å²) in [5.41, 5.74) is 2.57. The van der Waals surface area contributed by atoms with Gasteiger partial charge in [-0.05, 0) is 51.1 Å². The summed E-state index contributed by atoms with van der Waals surface area (Å²) in [6, 6.07) is 9.59. The van der Waals surface area contributed by atoms with Crippen LogP contribution in [0.25, 0.3) is 0 Å². The molecule has 1 fully saturated rings. The molecule has 1 saturated heterocycles. The van der Waals surface area contributed by atoms with E-state index in [-0.39, 0.29) is 0 Å². The van der Waals surface area contributed by atoms with Gasteiger partial charge in [-0.15, -0.1) is 0 Å². The highest BCUT2D eigenvalue weighted by Gasteiger charge is 2.27. The molecule has 0 amide bonds. The van der Waals surface area contributed by atoms with Gasteiger partial charge >= 0.3 is 0 Å². The van der Waals surface area contributed by atoms with E-state index in [4.69, 9.17) is 5.26 Å². The van der Waals surface area contributed by atoms with Gasteiger partial charge in [0.1, 0.15) is 0 Å². The second-order valence-corrected chi connectivity index (χ2v) is 6.63. The van der Waals surface area contributed by atoms with E-state index in [1.54, 1.807) is 0 Å². The Morgan fingerprint density at radius 3 is 2.85 bits per heavy atom. The van der Waals surface area contributed by atoms with E-state index in [1.807, 2.05) is 0 Å². The molecule has 1 aromatic carbocycles. The van der Waals surface area contributed by atoms with Gasteiger partial charge in [0.25, 0.3) is 0 Å². The van der Waals surface area contributed by atoms with Crippen LogP contribution in [0.15, 0.2) is 22.7 Å². The van der Waals surface area contributed by atoms with Crippen LogP contribution >= 0.6 is 15.9 Å². The quantitative estimate of drug-likeness (QED) is 0.827. The first-order chi connectivity index (χ1) is 9.52. The summed E-state index contributed by atoms with van der Waals surface area (Å²) in [6.07, 6.45) is 1.73. The third kappa shape index (κ3) is 3.34. The average Bonchev–Trinajstić information content (AvgIpc) is 2.53. The number of aryl methyl sites for hydroxylation is 1. The molecule has 1 heterocycles. The minimum atomic E-state index is 0.313. The fourth-order valence-corrected chi connectivity index (χ4v) is 3.35. The van der Waals surface area contributed by atoms with Crippen molar-refractivity contribution in [2.24, 2.45) is 0 Å². The Hall–Kier alpha value is -1.05. The molecule has 0 N–H and O–H groups in total. The Kier molecular flexibility index (Phi) is 5.06. The first kappa shape index (κ1) is 15.3. The molecule has 1 aliphatic rings. The monoisotopic (exact) mass is 335 g/mol. The number of halogens is 1. The fourth-order valence-electron chi connectivity index (χ4n) is 2.88. The van der Waals surface area contributed by atoms with Crippen LogP contribution in [-0.4, -0.2) is 37.1 Å². The van der Waals surface area contributed by atoms with Crippen molar-refractivity contribution in [2.45, 2.75) is 38.8 Å².